The summed E-state index contributed by atoms with van der Waals surface area (Å²) >= 11 is 5.34. The summed E-state index contributed by atoms with van der Waals surface area (Å²) in [5, 5.41) is 0. The second-order valence-electron chi connectivity index (χ2n) is 6.66. The second-order valence-corrected chi connectivity index (χ2v) is 7.10. The lowest BCUT2D eigenvalue weighted by atomic mass is 9.78. The van der Waals surface area contributed by atoms with Crippen molar-refractivity contribution in [3.63, 3.8) is 0 Å². The van der Waals surface area contributed by atoms with E-state index in [-0.39, 0.29) is 11.9 Å². The number of hydrogen-bond donors (Lipinski definition) is 1. The van der Waals surface area contributed by atoms with Crippen LogP contribution in [0.4, 0.5) is 0 Å². The molecule has 3 nitrogen and oxygen atoms in total. The fourth-order valence-electron chi connectivity index (χ4n) is 3.30. The van der Waals surface area contributed by atoms with Gasteiger partial charge in [-0.25, -0.2) is 0 Å². The third-order valence-corrected chi connectivity index (χ3v) is 5.12. The molecule has 0 spiro atoms. The molecular weight excluding hydrogens is 280 g/mol. The summed E-state index contributed by atoms with van der Waals surface area (Å²) in [5.74, 6) is 0.183. The molecule has 1 amide bonds. The van der Waals surface area contributed by atoms with E-state index in [1.807, 2.05) is 4.90 Å². The average Bonchev–Trinajstić information content (AvgIpc) is 2.69. The number of rotatable bonds is 7. The van der Waals surface area contributed by atoms with Crippen molar-refractivity contribution in [1.29, 1.82) is 0 Å². The zero-order valence-corrected chi connectivity index (χ0v) is 14.8. The topological polar surface area (TPSA) is 46.3 Å². The Kier molecular flexibility index (Phi) is 7.64. The first-order valence-electron chi connectivity index (χ1n) is 8.56. The summed E-state index contributed by atoms with van der Waals surface area (Å²) in [6, 6.07) is 0.212. The number of thiocarbonyl (C=S) groups is 1. The Hall–Kier alpha value is -0.640. The van der Waals surface area contributed by atoms with Crippen LogP contribution in [-0.4, -0.2) is 28.4 Å². The van der Waals surface area contributed by atoms with Gasteiger partial charge in [0.15, 0.2) is 0 Å². The highest BCUT2D eigenvalue weighted by Crippen LogP contribution is 2.38. The van der Waals surface area contributed by atoms with E-state index < -0.39 is 5.41 Å². The van der Waals surface area contributed by atoms with Crippen LogP contribution in [0.1, 0.15) is 78.6 Å². The molecule has 0 radical (unpaired) electrons. The third kappa shape index (κ3) is 4.67. The predicted octanol–water partition coefficient (Wildman–Crippen LogP) is 4.04. The van der Waals surface area contributed by atoms with Gasteiger partial charge in [0.1, 0.15) is 0 Å². The van der Waals surface area contributed by atoms with Crippen LogP contribution in [0, 0.1) is 5.41 Å². The van der Waals surface area contributed by atoms with Gasteiger partial charge in [-0.15, -0.1) is 0 Å². The molecule has 4 heteroatoms. The molecule has 21 heavy (non-hydrogen) atoms. The summed E-state index contributed by atoms with van der Waals surface area (Å²) in [4.78, 5) is 15.6. The molecule has 0 atom stereocenters. The van der Waals surface area contributed by atoms with Crippen molar-refractivity contribution in [3.8, 4) is 0 Å². The Morgan fingerprint density at radius 3 is 2.19 bits per heavy atom. The molecule has 0 unspecified atom stereocenters. The summed E-state index contributed by atoms with van der Waals surface area (Å²) in [6.07, 6.45) is 9.56. The molecule has 2 N–H and O–H groups in total. The molecule has 1 rings (SSSR count). The summed E-state index contributed by atoms with van der Waals surface area (Å²) in [7, 11) is 0. The molecule has 1 aliphatic rings. The fraction of sp³-hybridized carbons (Fsp3) is 0.882. The van der Waals surface area contributed by atoms with Crippen molar-refractivity contribution >= 4 is 23.1 Å². The zero-order valence-electron chi connectivity index (χ0n) is 14.0. The van der Waals surface area contributed by atoms with Gasteiger partial charge in [0, 0.05) is 12.6 Å². The molecule has 0 aromatic carbocycles. The van der Waals surface area contributed by atoms with E-state index in [0.717, 1.165) is 45.1 Å². The van der Waals surface area contributed by atoms with Crippen molar-refractivity contribution in [2.45, 2.75) is 84.6 Å². The minimum atomic E-state index is -0.581. The van der Waals surface area contributed by atoms with Gasteiger partial charge in [0.2, 0.25) is 5.91 Å². The van der Waals surface area contributed by atoms with Crippen LogP contribution < -0.4 is 5.73 Å². The maximum atomic E-state index is 13.2. The predicted molar refractivity (Wildman–Crippen MR) is 93.3 cm³/mol. The zero-order chi connectivity index (χ0) is 15.9. The number of carbonyl (C=O) groups is 1. The van der Waals surface area contributed by atoms with Crippen LogP contribution in [0.5, 0.6) is 0 Å². The van der Waals surface area contributed by atoms with Gasteiger partial charge in [-0.1, -0.05) is 57.7 Å². The standard InChI is InChI=1S/C17H32N2OS/c1-4-5-10-13-19(14(2)3)16(20)17(15(18)21)11-8-6-7-9-12-17/h14H,4-13H2,1-3H3,(H2,18,21). The third-order valence-electron chi connectivity index (χ3n) is 4.72. The highest BCUT2D eigenvalue weighted by atomic mass is 32.1. The first-order valence-corrected chi connectivity index (χ1v) is 8.97. The van der Waals surface area contributed by atoms with Crippen molar-refractivity contribution < 1.29 is 4.79 Å². The minimum absolute atomic E-state index is 0.183. The van der Waals surface area contributed by atoms with Gasteiger partial charge < -0.3 is 10.6 Å². The van der Waals surface area contributed by atoms with Gasteiger partial charge in [0.05, 0.1) is 10.4 Å². The molecule has 0 aromatic rings. The Morgan fingerprint density at radius 1 is 1.19 bits per heavy atom. The van der Waals surface area contributed by atoms with Gasteiger partial charge >= 0.3 is 0 Å². The van der Waals surface area contributed by atoms with Crippen molar-refractivity contribution in [1.82, 2.24) is 4.90 Å². The van der Waals surface area contributed by atoms with Crippen LogP contribution in [0.3, 0.4) is 0 Å². The van der Waals surface area contributed by atoms with Gasteiger partial charge in [-0.2, -0.15) is 0 Å². The van der Waals surface area contributed by atoms with Crippen LogP contribution in [-0.2, 0) is 4.79 Å². The Bertz CT molecular complexity index is 347. The SMILES string of the molecule is CCCCCN(C(=O)C1(C(N)=S)CCCCCC1)C(C)C. The molecule has 0 aromatic heterocycles. The van der Waals surface area contributed by atoms with Crippen LogP contribution >= 0.6 is 12.2 Å². The molecular formula is C17H32N2OS. The van der Waals surface area contributed by atoms with E-state index in [4.69, 9.17) is 18.0 Å². The minimum Gasteiger partial charge on any atom is -0.392 e. The fourth-order valence-corrected chi connectivity index (χ4v) is 3.59. The lowest BCUT2D eigenvalue weighted by Gasteiger charge is -2.38. The van der Waals surface area contributed by atoms with Crippen LogP contribution in [0.25, 0.3) is 0 Å². The average molecular weight is 313 g/mol. The van der Waals surface area contributed by atoms with E-state index in [2.05, 4.69) is 20.8 Å². The van der Waals surface area contributed by atoms with Gasteiger partial charge in [-0.3, -0.25) is 4.79 Å². The molecule has 0 bridgehead atoms. The van der Waals surface area contributed by atoms with E-state index in [1.165, 1.54) is 19.3 Å². The van der Waals surface area contributed by atoms with Crippen molar-refractivity contribution in [2.24, 2.45) is 11.1 Å². The number of unbranched alkanes of at least 4 members (excludes halogenated alkanes) is 2. The Balaban J connectivity index is 2.92. The van der Waals surface area contributed by atoms with E-state index in [1.54, 1.807) is 0 Å². The molecule has 1 fully saturated rings. The van der Waals surface area contributed by atoms with E-state index in [9.17, 15) is 4.79 Å². The monoisotopic (exact) mass is 312 g/mol. The first-order chi connectivity index (χ1) is 9.95. The maximum Gasteiger partial charge on any atom is 0.235 e. The largest absolute Gasteiger partial charge is 0.392 e. The number of carbonyl (C=O) groups excluding carboxylic acids is 1. The smallest absolute Gasteiger partial charge is 0.235 e. The summed E-state index contributed by atoms with van der Waals surface area (Å²) < 4.78 is 0. The molecule has 0 saturated heterocycles. The summed E-state index contributed by atoms with van der Waals surface area (Å²) in [5.41, 5.74) is 5.47. The number of hydrogen-bond acceptors (Lipinski definition) is 2. The normalized spacial score (nSPS) is 18.3. The molecule has 1 aliphatic carbocycles. The van der Waals surface area contributed by atoms with E-state index >= 15 is 0 Å². The number of nitrogens with two attached hydrogens (primary N) is 1. The molecule has 1 saturated carbocycles. The quantitative estimate of drug-likeness (QED) is 0.438. The highest BCUT2D eigenvalue weighted by molar-refractivity contribution is 7.80. The molecule has 122 valence electrons. The lowest BCUT2D eigenvalue weighted by Crippen LogP contribution is -2.52. The Labute approximate surface area is 135 Å². The van der Waals surface area contributed by atoms with E-state index in [0.29, 0.717) is 4.99 Å². The summed E-state index contributed by atoms with van der Waals surface area (Å²) in [6.45, 7) is 7.19. The first kappa shape index (κ1) is 18.4. The van der Waals surface area contributed by atoms with Crippen molar-refractivity contribution in [2.75, 3.05) is 6.54 Å². The van der Waals surface area contributed by atoms with Gasteiger partial charge in [0.25, 0.3) is 0 Å². The second kappa shape index (κ2) is 8.72. The number of amides is 1. The number of nitrogens with zero attached hydrogens (tertiary/aromatic N) is 1. The van der Waals surface area contributed by atoms with Crippen molar-refractivity contribution in [3.05, 3.63) is 0 Å². The molecule has 0 aliphatic heterocycles. The van der Waals surface area contributed by atoms with Gasteiger partial charge in [-0.05, 0) is 33.1 Å². The maximum absolute atomic E-state index is 13.2. The van der Waals surface area contributed by atoms with Crippen LogP contribution in [0.15, 0.2) is 0 Å². The Morgan fingerprint density at radius 2 is 1.76 bits per heavy atom. The van der Waals surface area contributed by atoms with Crippen LogP contribution in [0.2, 0.25) is 0 Å². The molecule has 0 heterocycles. The lowest BCUT2D eigenvalue weighted by molar-refractivity contribution is -0.140. The highest BCUT2D eigenvalue weighted by Gasteiger charge is 2.44.